The van der Waals surface area contributed by atoms with Gasteiger partial charge in [0.25, 0.3) is 0 Å². The highest BCUT2D eigenvalue weighted by atomic mass is 35.5. The fraction of sp³-hybridized carbons (Fsp3) is 0.100. The molecule has 1 aromatic heterocycles. The summed E-state index contributed by atoms with van der Waals surface area (Å²) in [5, 5.41) is 8.35. The Morgan fingerprint density at radius 1 is 1.12 bits per heavy atom. The van der Waals surface area contributed by atoms with Crippen LogP contribution in [0.15, 0.2) is 60.7 Å². The van der Waals surface area contributed by atoms with Crippen LogP contribution >= 0.6 is 23.4 Å². The molecule has 130 valence electrons. The van der Waals surface area contributed by atoms with Crippen molar-refractivity contribution in [1.29, 1.82) is 0 Å². The number of hydrogen-bond acceptors (Lipinski definition) is 3. The maximum atomic E-state index is 12.5. The Balaban J connectivity index is 1.62. The van der Waals surface area contributed by atoms with E-state index in [0.717, 1.165) is 39.8 Å². The topological polar surface area (TPSA) is 46.9 Å². The smallest absolute Gasteiger partial charge is 0.249 e. The van der Waals surface area contributed by atoms with Gasteiger partial charge in [0.2, 0.25) is 5.91 Å². The van der Waals surface area contributed by atoms with Crippen molar-refractivity contribution in [3.05, 3.63) is 82.5 Å². The van der Waals surface area contributed by atoms with Gasteiger partial charge in [0.05, 0.1) is 11.4 Å². The molecular formula is C20H16ClN3OS. The maximum absolute atomic E-state index is 12.5. The minimum absolute atomic E-state index is 0.177. The SMILES string of the molecule is O=C(/C=C/c1ccccc1)Nc1c2c(nn1-c1ccc(Cl)cc1)CSC2. The molecule has 2 aromatic carbocycles. The van der Waals surface area contributed by atoms with E-state index in [1.54, 1.807) is 28.6 Å². The zero-order valence-electron chi connectivity index (χ0n) is 13.9. The molecule has 0 aliphatic carbocycles. The van der Waals surface area contributed by atoms with Crippen LogP contribution in [-0.4, -0.2) is 15.7 Å². The number of nitrogens with one attached hydrogen (secondary N) is 1. The van der Waals surface area contributed by atoms with Gasteiger partial charge in [-0.2, -0.15) is 16.9 Å². The summed E-state index contributed by atoms with van der Waals surface area (Å²) in [6.45, 7) is 0. The number of amides is 1. The van der Waals surface area contributed by atoms with Crippen LogP contribution < -0.4 is 5.32 Å². The van der Waals surface area contributed by atoms with Crippen molar-refractivity contribution < 1.29 is 4.79 Å². The zero-order valence-corrected chi connectivity index (χ0v) is 15.4. The van der Waals surface area contributed by atoms with E-state index in [0.29, 0.717) is 5.02 Å². The standard InChI is InChI=1S/C20H16ClN3OS/c21-15-7-9-16(10-8-15)24-20(17-12-26-13-18(17)23-24)22-19(25)11-6-14-4-2-1-3-5-14/h1-11H,12-13H2,(H,22,25)/b11-6+. The van der Waals surface area contributed by atoms with Gasteiger partial charge in [0.1, 0.15) is 5.82 Å². The molecule has 1 aliphatic rings. The molecule has 4 rings (SSSR count). The average Bonchev–Trinajstić information content (AvgIpc) is 3.24. The summed E-state index contributed by atoms with van der Waals surface area (Å²) in [5.41, 5.74) is 3.96. The van der Waals surface area contributed by atoms with Crippen LogP contribution in [0.5, 0.6) is 0 Å². The molecule has 0 fully saturated rings. The number of thioether (sulfide) groups is 1. The second-order valence-corrected chi connectivity index (χ2v) is 7.31. The first-order chi connectivity index (χ1) is 12.7. The van der Waals surface area contributed by atoms with Crippen LogP contribution in [0, 0.1) is 0 Å². The molecule has 0 saturated heterocycles. The van der Waals surface area contributed by atoms with E-state index in [4.69, 9.17) is 11.6 Å². The van der Waals surface area contributed by atoms with Crippen LogP contribution in [0.25, 0.3) is 11.8 Å². The first-order valence-electron chi connectivity index (χ1n) is 8.19. The molecule has 0 saturated carbocycles. The highest BCUT2D eigenvalue weighted by Gasteiger charge is 2.24. The second-order valence-electron chi connectivity index (χ2n) is 5.89. The number of benzene rings is 2. The fourth-order valence-corrected chi connectivity index (χ4v) is 3.97. The minimum atomic E-state index is -0.177. The number of fused-ring (bicyclic) bond motifs is 1. The van der Waals surface area contributed by atoms with Crippen molar-refractivity contribution in [2.45, 2.75) is 11.5 Å². The molecule has 0 bridgehead atoms. The lowest BCUT2D eigenvalue weighted by molar-refractivity contribution is -0.111. The maximum Gasteiger partial charge on any atom is 0.249 e. The molecule has 2 heterocycles. The summed E-state index contributed by atoms with van der Waals surface area (Å²) in [7, 11) is 0. The molecular weight excluding hydrogens is 366 g/mol. The predicted octanol–water partition coefficient (Wildman–Crippen LogP) is 4.92. The Kier molecular flexibility index (Phi) is 4.82. The normalized spacial score (nSPS) is 13.1. The van der Waals surface area contributed by atoms with Gasteiger partial charge in [0.15, 0.2) is 0 Å². The van der Waals surface area contributed by atoms with Gasteiger partial charge < -0.3 is 5.32 Å². The van der Waals surface area contributed by atoms with Gasteiger partial charge in [-0.3, -0.25) is 4.79 Å². The number of carbonyl (C=O) groups excluding carboxylic acids is 1. The van der Waals surface area contributed by atoms with Gasteiger partial charge in [-0.1, -0.05) is 41.9 Å². The van der Waals surface area contributed by atoms with E-state index >= 15 is 0 Å². The Bertz CT molecular complexity index is 965. The van der Waals surface area contributed by atoms with Crippen LogP contribution in [0.1, 0.15) is 16.8 Å². The molecule has 1 amide bonds. The van der Waals surface area contributed by atoms with Crippen LogP contribution in [-0.2, 0) is 16.3 Å². The molecule has 4 nitrogen and oxygen atoms in total. The van der Waals surface area contributed by atoms with Crippen molar-refractivity contribution >= 4 is 41.2 Å². The average molecular weight is 382 g/mol. The van der Waals surface area contributed by atoms with E-state index in [1.165, 1.54) is 0 Å². The monoisotopic (exact) mass is 381 g/mol. The lowest BCUT2D eigenvalue weighted by Gasteiger charge is -2.10. The summed E-state index contributed by atoms with van der Waals surface area (Å²) in [6, 6.07) is 17.2. The molecule has 0 atom stereocenters. The second kappa shape index (κ2) is 7.40. The lowest BCUT2D eigenvalue weighted by Crippen LogP contribution is -2.13. The van der Waals surface area contributed by atoms with Crippen molar-refractivity contribution in [2.24, 2.45) is 0 Å². The molecule has 3 aromatic rings. The molecule has 26 heavy (non-hydrogen) atoms. The molecule has 1 N–H and O–H groups in total. The van der Waals surface area contributed by atoms with Crippen molar-refractivity contribution in [1.82, 2.24) is 9.78 Å². The van der Waals surface area contributed by atoms with Gasteiger partial charge in [0, 0.05) is 28.2 Å². The number of rotatable bonds is 4. The van der Waals surface area contributed by atoms with Crippen LogP contribution in [0.3, 0.4) is 0 Å². The molecule has 0 spiro atoms. The van der Waals surface area contributed by atoms with Crippen LogP contribution in [0.4, 0.5) is 5.82 Å². The van der Waals surface area contributed by atoms with E-state index < -0.39 is 0 Å². The number of carbonyl (C=O) groups is 1. The summed E-state index contributed by atoms with van der Waals surface area (Å²) in [6.07, 6.45) is 3.34. The Morgan fingerprint density at radius 2 is 1.88 bits per heavy atom. The third-order valence-electron chi connectivity index (χ3n) is 4.09. The highest BCUT2D eigenvalue weighted by Crippen LogP contribution is 2.36. The van der Waals surface area contributed by atoms with Gasteiger partial charge in [-0.25, -0.2) is 4.68 Å². The zero-order chi connectivity index (χ0) is 17.9. The summed E-state index contributed by atoms with van der Waals surface area (Å²) in [5.74, 6) is 2.26. The summed E-state index contributed by atoms with van der Waals surface area (Å²) >= 11 is 7.79. The largest absolute Gasteiger partial charge is 0.307 e. The Morgan fingerprint density at radius 3 is 2.65 bits per heavy atom. The molecule has 1 aliphatic heterocycles. The predicted molar refractivity (Wildman–Crippen MR) is 108 cm³/mol. The number of nitrogens with zero attached hydrogens (tertiary/aromatic N) is 2. The van der Waals surface area contributed by atoms with Crippen LogP contribution in [0.2, 0.25) is 5.02 Å². The minimum Gasteiger partial charge on any atom is -0.307 e. The quantitative estimate of drug-likeness (QED) is 0.652. The van der Waals surface area contributed by atoms with Gasteiger partial charge >= 0.3 is 0 Å². The summed E-state index contributed by atoms with van der Waals surface area (Å²) < 4.78 is 1.79. The van der Waals surface area contributed by atoms with E-state index in [1.807, 2.05) is 54.6 Å². The van der Waals surface area contributed by atoms with E-state index in [-0.39, 0.29) is 5.91 Å². The molecule has 0 radical (unpaired) electrons. The third-order valence-corrected chi connectivity index (χ3v) is 5.31. The van der Waals surface area contributed by atoms with Crippen molar-refractivity contribution in [3.8, 4) is 5.69 Å². The van der Waals surface area contributed by atoms with Crippen molar-refractivity contribution in [2.75, 3.05) is 5.32 Å². The van der Waals surface area contributed by atoms with E-state index in [2.05, 4.69) is 10.4 Å². The summed E-state index contributed by atoms with van der Waals surface area (Å²) in [4.78, 5) is 12.5. The lowest BCUT2D eigenvalue weighted by atomic mass is 10.2. The molecule has 0 unspecified atom stereocenters. The number of halogens is 1. The Hall–Kier alpha value is -2.50. The van der Waals surface area contributed by atoms with E-state index in [9.17, 15) is 4.79 Å². The number of anilines is 1. The highest BCUT2D eigenvalue weighted by molar-refractivity contribution is 7.98. The fourth-order valence-electron chi connectivity index (χ4n) is 2.80. The Labute approximate surface area is 160 Å². The first kappa shape index (κ1) is 16.9. The van der Waals surface area contributed by atoms with Gasteiger partial charge in [-0.15, -0.1) is 0 Å². The number of hydrogen-bond donors (Lipinski definition) is 1. The van der Waals surface area contributed by atoms with Gasteiger partial charge in [-0.05, 0) is 35.9 Å². The first-order valence-corrected chi connectivity index (χ1v) is 9.72. The molecule has 6 heteroatoms. The number of aromatic nitrogens is 2. The van der Waals surface area contributed by atoms with Crippen molar-refractivity contribution in [3.63, 3.8) is 0 Å². The third kappa shape index (κ3) is 3.54.